The van der Waals surface area contributed by atoms with E-state index in [-0.39, 0.29) is 11.7 Å². The third-order valence-corrected chi connectivity index (χ3v) is 3.76. The van der Waals surface area contributed by atoms with Gasteiger partial charge in [0.25, 0.3) is 0 Å². The van der Waals surface area contributed by atoms with E-state index in [1.54, 1.807) is 24.3 Å². The molecule has 0 atom stereocenters. The lowest BCUT2D eigenvalue weighted by molar-refractivity contribution is 0.415. The number of benzene rings is 2. The first-order valence-corrected chi connectivity index (χ1v) is 7.84. The predicted octanol–water partition coefficient (Wildman–Crippen LogP) is 2.67. The Morgan fingerprint density at radius 3 is 2.80 bits per heavy atom. The lowest BCUT2D eigenvalue weighted by atomic mass is 10.0. The van der Waals surface area contributed by atoms with Crippen LogP contribution >= 0.6 is 0 Å². The lowest BCUT2D eigenvalue weighted by Gasteiger charge is -2.09. The Bertz CT molecular complexity index is 933. The minimum atomic E-state index is -0.530. The van der Waals surface area contributed by atoms with Gasteiger partial charge >= 0.3 is 5.76 Å². The van der Waals surface area contributed by atoms with Crippen molar-refractivity contribution in [1.82, 2.24) is 9.78 Å². The molecule has 1 aromatic heterocycles. The van der Waals surface area contributed by atoms with Crippen molar-refractivity contribution < 1.29 is 13.5 Å². The summed E-state index contributed by atoms with van der Waals surface area (Å²) in [4.78, 5) is 11.8. The van der Waals surface area contributed by atoms with Crippen LogP contribution in [0.15, 0.2) is 51.7 Å². The van der Waals surface area contributed by atoms with Crippen LogP contribution in [0.5, 0.6) is 5.75 Å². The van der Waals surface area contributed by atoms with E-state index in [4.69, 9.17) is 14.9 Å². The molecule has 6 nitrogen and oxygen atoms in total. The third kappa shape index (κ3) is 3.61. The van der Waals surface area contributed by atoms with Crippen LogP contribution in [0.1, 0.15) is 6.42 Å². The Hall–Kier alpha value is -2.93. The quantitative estimate of drug-likeness (QED) is 0.744. The number of methoxy groups -OCH3 is 1. The second-order valence-electron chi connectivity index (χ2n) is 5.46. The third-order valence-electron chi connectivity index (χ3n) is 3.76. The van der Waals surface area contributed by atoms with E-state index in [1.165, 1.54) is 23.9 Å². The van der Waals surface area contributed by atoms with Crippen molar-refractivity contribution in [1.29, 1.82) is 0 Å². The van der Waals surface area contributed by atoms with Crippen LogP contribution in [0.4, 0.5) is 4.39 Å². The molecular formula is C18H18FN3O3. The molecule has 0 aliphatic rings. The second kappa shape index (κ2) is 7.31. The Kier molecular flexibility index (Phi) is 4.95. The number of aromatic nitrogens is 2. The van der Waals surface area contributed by atoms with E-state index in [1.807, 2.05) is 6.07 Å². The van der Waals surface area contributed by atoms with Gasteiger partial charge in [-0.25, -0.2) is 9.18 Å². The summed E-state index contributed by atoms with van der Waals surface area (Å²) in [6.07, 6.45) is 0.631. The fourth-order valence-electron chi connectivity index (χ4n) is 2.53. The van der Waals surface area contributed by atoms with E-state index in [9.17, 15) is 9.18 Å². The maximum atomic E-state index is 13.6. The van der Waals surface area contributed by atoms with Gasteiger partial charge in [0, 0.05) is 17.7 Å². The van der Waals surface area contributed by atoms with Crippen molar-refractivity contribution in [2.45, 2.75) is 13.0 Å². The normalized spacial score (nSPS) is 10.8. The molecule has 0 bridgehead atoms. The van der Waals surface area contributed by atoms with Gasteiger partial charge in [-0.2, -0.15) is 4.68 Å². The number of aryl methyl sites for hydroxylation is 1. The molecule has 7 heteroatoms. The van der Waals surface area contributed by atoms with E-state index < -0.39 is 5.76 Å². The molecule has 0 spiro atoms. The van der Waals surface area contributed by atoms with Gasteiger partial charge in [0.2, 0.25) is 5.89 Å². The first kappa shape index (κ1) is 16.9. The van der Waals surface area contributed by atoms with Crippen molar-refractivity contribution in [3.63, 3.8) is 0 Å². The number of ether oxygens (including phenoxy) is 1. The van der Waals surface area contributed by atoms with Gasteiger partial charge in [-0.3, -0.25) is 0 Å². The monoisotopic (exact) mass is 343 g/mol. The van der Waals surface area contributed by atoms with Gasteiger partial charge in [-0.1, -0.05) is 12.1 Å². The highest BCUT2D eigenvalue weighted by atomic mass is 19.1. The summed E-state index contributed by atoms with van der Waals surface area (Å²) in [7, 11) is 1.53. The lowest BCUT2D eigenvalue weighted by Crippen LogP contribution is -2.17. The zero-order chi connectivity index (χ0) is 17.8. The number of halogens is 1. The number of nitrogens with two attached hydrogens (primary N) is 1. The minimum absolute atomic E-state index is 0.208. The largest absolute Gasteiger partial charge is 0.496 e. The first-order valence-electron chi connectivity index (χ1n) is 7.84. The van der Waals surface area contributed by atoms with Crippen molar-refractivity contribution in [2.24, 2.45) is 5.73 Å². The molecule has 0 saturated carbocycles. The summed E-state index contributed by atoms with van der Waals surface area (Å²) in [6.45, 7) is 0.861. The zero-order valence-corrected chi connectivity index (χ0v) is 13.7. The van der Waals surface area contributed by atoms with E-state index in [2.05, 4.69) is 5.10 Å². The Balaban J connectivity index is 2.00. The maximum absolute atomic E-state index is 13.6. The molecule has 0 aliphatic heterocycles. The van der Waals surface area contributed by atoms with E-state index >= 15 is 0 Å². The second-order valence-corrected chi connectivity index (χ2v) is 5.46. The summed E-state index contributed by atoms with van der Waals surface area (Å²) >= 11 is 0. The van der Waals surface area contributed by atoms with Crippen LogP contribution in [-0.2, 0) is 6.54 Å². The molecule has 0 unspecified atom stereocenters. The van der Waals surface area contributed by atoms with Gasteiger partial charge in [-0.15, -0.1) is 5.10 Å². The van der Waals surface area contributed by atoms with Crippen LogP contribution in [0.3, 0.4) is 0 Å². The summed E-state index contributed by atoms with van der Waals surface area (Å²) in [5.41, 5.74) is 7.41. The first-order chi connectivity index (χ1) is 12.1. The number of hydrogen-bond donors (Lipinski definition) is 1. The number of rotatable bonds is 6. The molecule has 2 aromatic carbocycles. The molecule has 25 heavy (non-hydrogen) atoms. The Morgan fingerprint density at radius 1 is 1.24 bits per heavy atom. The topological polar surface area (TPSA) is 83.3 Å². The average molecular weight is 343 g/mol. The predicted molar refractivity (Wildman–Crippen MR) is 91.8 cm³/mol. The molecule has 0 saturated heterocycles. The number of nitrogens with zero attached hydrogens (tertiary/aromatic N) is 2. The molecule has 2 N–H and O–H groups in total. The van der Waals surface area contributed by atoms with Gasteiger partial charge in [0.05, 0.1) is 7.11 Å². The number of hydrogen-bond acceptors (Lipinski definition) is 5. The Labute approximate surface area is 143 Å². The molecule has 1 heterocycles. The summed E-state index contributed by atoms with van der Waals surface area (Å²) in [6, 6.07) is 11.5. The average Bonchev–Trinajstić information content (AvgIpc) is 3.01. The zero-order valence-electron chi connectivity index (χ0n) is 13.7. The van der Waals surface area contributed by atoms with E-state index in [0.717, 1.165) is 5.56 Å². The van der Waals surface area contributed by atoms with Crippen LogP contribution < -0.4 is 16.2 Å². The maximum Gasteiger partial charge on any atom is 0.437 e. The van der Waals surface area contributed by atoms with Gasteiger partial charge < -0.3 is 14.9 Å². The highest BCUT2D eigenvalue weighted by Crippen LogP contribution is 2.32. The smallest absolute Gasteiger partial charge is 0.437 e. The fourth-order valence-corrected chi connectivity index (χ4v) is 2.53. The van der Waals surface area contributed by atoms with Gasteiger partial charge in [-0.05, 0) is 48.9 Å². The molecule has 3 rings (SSSR count). The van der Waals surface area contributed by atoms with E-state index in [0.29, 0.717) is 36.4 Å². The summed E-state index contributed by atoms with van der Waals surface area (Å²) in [5.74, 6) is -0.135. The molecule has 3 aromatic rings. The molecule has 0 fully saturated rings. The highest BCUT2D eigenvalue weighted by molar-refractivity contribution is 5.74. The molecule has 0 amide bonds. The van der Waals surface area contributed by atoms with Gasteiger partial charge in [0.1, 0.15) is 11.6 Å². The molecule has 0 aliphatic carbocycles. The SMILES string of the molecule is COc1ccc(F)cc1-c1cccc(-c2nn(CCCN)c(=O)o2)c1. The summed E-state index contributed by atoms with van der Waals surface area (Å²) in [5, 5.41) is 4.19. The molecular weight excluding hydrogens is 325 g/mol. The fraction of sp³-hybridized carbons (Fsp3) is 0.222. The minimum Gasteiger partial charge on any atom is -0.496 e. The molecule has 0 radical (unpaired) electrons. The van der Waals surface area contributed by atoms with Crippen molar-refractivity contribution in [2.75, 3.05) is 13.7 Å². The van der Waals surface area contributed by atoms with Crippen molar-refractivity contribution in [3.8, 4) is 28.3 Å². The van der Waals surface area contributed by atoms with Crippen molar-refractivity contribution in [3.05, 3.63) is 58.8 Å². The molecule has 130 valence electrons. The van der Waals surface area contributed by atoms with Crippen LogP contribution in [-0.4, -0.2) is 23.4 Å². The standard InChI is InChI=1S/C18H18FN3O3/c1-24-16-7-6-14(19)11-15(16)12-4-2-5-13(10-12)17-21-22(9-3-8-20)18(23)25-17/h2,4-7,10-11H,3,8-9,20H2,1H3. The van der Waals surface area contributed by atoms with Gasteiger partial charge in [0.15, 0.2) is 0 Å². The van der Waals surface area contributed by atoms with Crippen LogP contribution in [0.25, 0.3) is 22.6 Å². The Morgan fingerprint density at radius 2 is 2.04 bits per heavy atom. The highest BCUT2D eigenvalue weighted by Gasteiger charge is 2.13. The van der Waals surface area contributed by atoms with Crippen LogP contribution in [0, 0.1) is 5.82 Å². The van der Waals surface area contributed by atoms with Crippen LogP contribution in [0.2, 0.25) is 0 Å². The summed E-state index contributed by atoms with van der Waals surface area (Å²) < 4.78 is 25.4. The van der Waals surface area contributed by atoms with Crippen molar-refractivity contribution >= 4 is 0 Å².